The molecule has 3 aromatic rings. The number of fused-ring (bicyclic) bond motifs is 1. The van der Waals surface area contributed by atoms with Crippen LogP contribution in [0.1, 0.15) is 36.2 Å². The fraction of sp³-hybridized carbons (Fsp3) is 0.375. The standard InChI is InChI=1S/C16H17N3O2.ClH/c1-9-5-3-6-11-10(2)13(20-12(9)11)14-18-15(19-21-14)16(17)7-4-8-16;/h3,5-6H,4,7-8,17H2,1-2H3;1H. The zero-order valence-corrected chi connectivity index (χ0v) is 13.4. The molecule has 0 radical (unpaired) electrons. The molecular weight excluding hydrogens is 302 g/mol. The van der Waals surface area contributed by atoms with Crippen molar-refractivity contribution >= 4 is 23.4 Å². The Kier molecular flexibility index (Phi) is 3.50. The lowest BCUT2D eigenvalue weighted by atomic mass is 9.77. The van der Waals surface area contributed by atoms with Gasteiger partial charge in [0.15, 0.2) is 11.6 Å². The molecule has 1 saturated carbocycles. The molecule has 1 aromatic carbocycles. The van der Waals surface area contributed by atoms with Crippen molar-refractivity contribution in [3.05, 3.63) is 35.2 Å². The molecule has 0 aliphatic heterocycles. The van der Waals surface area contributed by atoms with Crippen molar-refractivity contribution in [2.75, 3.05) is 0 Å². The van der Waals surface area contributed by atoms with Gasteiger partial charge in [0.05, 0.1) is 5.54 Å². The number of benzene rings is 1. The van der Waals surface area contributed by atoms with E-state index >= 15 is 0 Å². The Labute approximate surface area is 134 Å². The van der Waals surface area contributed by atoms with Crippen molar-refractivity contribution in [1.29, 1.82) is 0 Å². The summed E-state index contributed by atoms with van der Waals surface area (Å²) in [5, 5.41) is 5.13. The van der Waals surface area contributed by atoms with Gasteiger partial charge in [-0.05, 0) is 38.7 Å². The number of furan rings is 1. The second kappa shape index (κ2) is 5.11. The number of nitrogens with zero attached hydrogens (tertiary/aromatic N) is 2. The van der Waals surface area contributed by atoms with Crippen LogP contribution in [0.5, 0.6) is 0 Å². The predicted octanol–water partition coefficient (Wildman–Crippen LogP) is 3.86. The van der Waals surface area contributed by atoms with Crippen LogP contribution in [0.3, 0.4) is 0 Å². The van der Waals surface area contributed by atoms with Gasteiger partial charge in [-0.15, -0.1) is 12.4 Å². The third-order valence-electron chi connectivity index (χ3n) is 4.47. The van der Waals surface area contributed by atoms with Gasteiger partial charge in [0.2, 0.25) is 0 Å². The number of hydrogen-bond acceptors (Lipinski definition) is 5. The highest BCUT2D eigenvalue weighted by molar-refractivity contribution is 5.88. The van der Waals surface area contributed by atoms with E-state index in [1.54, 1.807) is 0 Å². The molecule has 0 spiro atoms. The van der Waals surface area contributed by atoms with Gasteiger partial charge in [-0.3, -0.25) is 0 Å². The lowest BCUT2D eigenvalue weighted by Gasteiger charge is -2.34. The van der Waals surface area contributed by atoms with E-state index in [1.807, 2.05) is 32.0 Å². The van der Waals surface area contributed by atoms with Crippen LogP contribution >= 0.6 is 12.4 Å². The van der Waals surface area contributed by atoms with Crippen molar-refractivity contribution < 1.29 is 8.94 Å². The second-order valence-corrected chi connectivity index (χ2v) is 5.94. The molecule has 0 amide bonds. The normalized spacial score (nSPS) is 16.3. The van der Waals surface area contributed by atoms with Gasteiger partial charge < -0.3 is 14.7 Å². The SMILES string of the molecule is Cc1c(-c2nc(C3(N)CCC3)no2)oc2c(C)cccc12.Cl. The summed E-state index contributed by atoms with van der Waals surface area (Å²) in [4.78, 5) is 4.46. The van der Waals surface area contributed by atoms with E-state index < -0.39 is 5.54 Å². The van der Waals surface area contributed by atoms with E-state index in [2.05, 4.69) is 10.1 Å². The summed E-state index contributed by atoms with van der Waals surface area (Å²) in [7, 11) is 0. The van der Waals surface area contributed by atoms with Crippen molar-refractivity contribution in [2.45, 2.75) is 38.6 Å². The molecule has 2 N–H and O–H groups in total. The minimum absolute atomic E-state index is 0. The first-order valence-electron chi connectivity index (χ1n) is 7.21. The molecular formula is C16H18ClN3O2. The summed E-state index contributed by atoms with van der Waals surface area (Å²) in [6.07, 6.45) is 2.93. The monoisotopic (exact) mass is 319 g/mol. The first-order valence-corrected chi connectivity index (χ1v) is 7.21. The molecule has 6 heteroatoms. The summed E-state index contributed by atoms with van der Waals surface area (Å²) in [5.41, 5.74) is 8.80. The van der Waals surface area contributed by atoms with E-state index in [0.717, 1.165) is 41.4 Å². The number of para-hydroxylation sites is 1. The van der Waals surface area contributed by atoms with Crippen LogP contribution in [0.25, 0.3) is 22.6 Å². The molecule has 0 unspecified atom stereocenters. The summed E-state index contributed by atoms with van der Waals surface area (Å²) < 4.78 is 11.3. The molecule has 5 nitrogen and oxygen atoms in total. The average Bonchev–Trinajstić information content (AvgIpc) is 3.03. The Bertz CT molecular complexity index is 833. The van der Waals surface area contributed by atoms with E-state index in [0.29, 0.717) is 17.5 Å². The summed E-state index contributed by atoms with van der Waals surface area (Å²) >= 11 is 0. The summed E-state index contributed by atoms with van der Waals surface area (Å²) in [6, 6.07) is 6.09. The molecule has 0 atom stereocenters. The van der Waals surface area contributed by atoms with Gasteiger partial charge >= 0.3 is 0 Å². The quantitative estimate of drug-likeness (QED) is 0.776. The molecule has 116 valence electrons. The molecule has 22 heavy (non-hydrogen) atoms. The molecule has 0 saturated heterocycles. The Balaban J connectivity index is 0.00000144. The first kappa shape index (κ1) is 15.1. The van der Waals surface area contributed by atoms with Crippen molar-refractivity contribution in [3.8, 4) is 11.7 Å². The number of aryl methyl sites for hydroxylation is 2. The fourth-order valence-electron chi connectivity index (χ4n) is 2.89. The van der Waals surface area contributed by atoms with E-state index in [4.69, 9.17) is 14.7 Å². The zero-order valence-electron chi connectivity index (χ0n) is 12.5. The average molecular weight is 320 g/mol. The number of rotatable bonds is 2. The van der Waals surface area contributed by atoms with Crippen molar-refractivity contribution in [1.82, 2.24) is 10.1 Å². The van der Waals surface area contributed by atoms with Crippen LogP contribution in [-0.4, -0.2) is 10.1 Å². The minimum Gasteiger partial charge on any atom is -0.450 e. The van der Waals surface area contributed by atoms with Crippen molar-refractivity contribution in [2.24, 2.45) is 5.73 Å². The highest BCUT2D eigenvalue weighted by Gasteiger charge is 2.39. The van der Waals surface area contributed by atoms with Crippen LogP contribution < -0.4 is 5.73 Å². The van der Waals surface area contributed by atoms with Gasteiger partial charge in [0.1, 0.15) is 5.58 Å². The number of halogens is 1. The molecule has 2 aromatic heterocycles. The van der Waals surface area contributed by atoms with E-state index in [-0.39, 0.29) is 12.4 Å². The van der Waals surface area contributed by atoms with E-state index in [9.17, 15) is 0 Å². The lowest BCUT2D eigenvalue weighted by Crippen LogP contribution is -2.44. The van der Waals surface area contributed by atoms with Gasteiger partial charge in [-0.2, -0.15) is 4.98 Å². The van der Waals surface area contributed by atoms with Gasteiger partial charge in [-0.1, -0.05) is 23.4 Å². The van der Waals surface area contributed by atoms with Crippen LogP contribution in [0.4, 0.5) is 0 Å². The third-order valence-corrected chi connectivity index (χ3v) is 4.47. The lowest BCUT2D eigenvalue weighted by molar-refractivity contribution is 0.229. The van der Waals surface area contributed by atoms with Gasteiger partial charge in [0, 0.05) is 10.9 Å². The molecule has 1 fully saturated rings. The van der Waals surface area contributed by atoms with Crippen LogP contribution in [0.15, 0.2) is 27.1 Å². The molecule has 2 heterocycles. The highest BCUT2D eigenvalue weighted by Crippen LogP contribution is 2.39. The predicted molar refractivity (Wildman–Crippen MR) is 85.9 cm³/mol. The Hall–Kier alpha value is -1.85. The molecule has 1 aliphatic rings. The Morgan fingerprint density at radius 3 is 2.64 bits per heavy atom. The number of hydrogen-bond donors (Lipinski definition) is 1. The zero-order chi connectivity index (χ0) is 14.6. The minimum atomic E-state index is -0.419. The Morgan fingerprint density at radius 2 is 2.00 bits per heavy atom. The summed E-state index contributed by atoms with van der Waals surface area (Å²) in [5.74, 6) is 1.64. The highest BCUT2D eigenvalue weighted by atomic mass is 35.5. The first-order chi connectivity index (χ1) is 10.1. The maximum Gasteiger partial charge on any atom is 0.294 e. The number of nitrogens with two attached hydrogens (primary N) is 1. The third kappa shape index (κ3) is 2.04. The van der Waals surface area contributed by atoms with E-state index in [1.165, 1.54) is 0 Å². The second-order valence-electron chi connectivity index (χ2n) is 5.94. The largest absolute Gasteiger partial charge is 0.450 e. The number of aromatic nitrogens is 2. The maximum atomic E-state index is 6.24. The Morgan fingerprint density at radius 1 is 1.23 bits per heavy atom. The van der Waals surface area contributed by atoms with Gasteiger partial charge in [0.25, 0.3) is 5.89 Å². The smallest absolute Gasteiger partial charge is 0.294 e. The van der Waals surface area contributed by atoms with Crippen LogP contribution in [0.2, 0.25) is 0 Å². The molecule has 4 rings (SSSR count). The van der Waals surface area contributed by atoms with Gasteiger partial charge in [-0.25, -0.2) is 0 Å². The van der Waals surface area contributed by atoms with Crippen LogP contribution in [-0.2, 0) is 5.54 Å². The maximum absolute atomic E-state index is 6.24. The molecule has 1 aliphatic carbocycles. The summed E-state index contributed by atoms with van der Waals surface area (Å²) in [6.45, 7) is 4.03. The van der Waals surface area contributed by atoms with Crippen molar-refractivity contribution in [3.63, 3.8) is 0 Å². The van der Waals surface area contributed by atoms with Crippen LogP contribution in [0, 0.1) is 13.8 Å². The fourth-order valence-corrected chi connectivity index (χ4v) is 2.89. The topological polar surface area (TPSA) is 78.1 Å². The molecule has 0 bridgehead atoms.